The molecule has 1 saturated carbocycles. The molecule has 1 aliphatic rings. The highest BCUT2D eigenvalue weighted by atomic mass is 35.5. The van der Waals surface area contributed by atoms with E-state index in [1.165, 1.54) is 0 Å². The SMILES string of the molecule is CC(C)(C)Oc1ccc([C]2CC2(Cl)Cl)cc1. The van der Waals surface area contributed by atoms with Gasteiger partial charge in [0.15, 0.2) is 0 Å². The summed E-state index contributed by atoms with van der Waals surface area (Å²) in [6.45, 7) is 6.08. The van der Waals surface area contributed by atoms with Crippen LogP contribution in [0.3, 0.4) is 0 Å². The Labute approximate surface area is 107 Å². The predicted molar refractivity (Wildman–Crippen MR) is 68.2 cm³/mol. The number of rotatable bonds is 2. The van der Waals surface area contributed by atoms with Crippen LogP contribution in [0.2, 0.25) is 0 Å². The van der Waals surface area contributed by atoms with Gasteiger partial charge in [0.05, 0.1) is 0 Å². The van der Waals surface area contributed by atoms with Gasteiger partial charge in [-0.15, -0.1) is 23.2 Å². The Bertz CT molecular complexity index is 376. The molecular weight excluding hydrogens is 243 g/mol. The van der Waals surface area contributed by atoms with Crippen LogP contribution in [0, 0.1) is 5.92 Å². The first-order valence-electron chi connectivity index (χ1n) is 5.31. The molecule has 1 aliphatic carbocycles. The van der Waals surface area contributed by atoms with Crippen molar-refractivity contribution in [1.29, 1.82) is 0 Å². The quantitative estimate of drug-likeness (QED) is 0.716. The zero-order chi connectivity index (χ0) is 12.0. The number of alkyl halides is 2. The number of hydrogen-bond acceptors (Lipinski definition) is 1. The molecule has 0 unspecified atom stereocenters. The molecule has 1 aromatic carbocycles. The maximum absolute atomic E-state index is 5.99. The first kappa shape index (κ1) is 12.1. The first-order valence-corrected chi connectivity index (χ1v) is 6.07. The van der Waals surface area contributed by atoms with Gasteiger partial charge in [0.25, 0.3) is 0 Å². The van der Waals surface area contributed by atoms with Crippen LogP contribution in [0.15, 0.2) is 24.3 Å². The minimum absolute atomic E-state index is 0.170. The van der Waals surface area contributed by atoms with Crippen LogP contribution in [0.4, 0.5) is 0 Å². The van der Waals surface area contributed by atoms with Crippen molar-refractivity contribution in [2.24, 2.45) is 0 Å². The maximum atomic E-state index is 5.99. The fourth-order valence-corrected chi connectivity index (χ4v) is 2.05. The van der Waals surface area contributed by atoms with E-state index in [-0.39, 0.29) is 5.60 Å². The van der Waals surface area contributed by atoms with E-state index >= 15 is 0 Å². The van der Waals surface area contributed by atoms with E-state index in [4.69, 9.17) is 27.9 Å². The van der Waals surface area contributed by atoms with Crippen LogP contribution in [-0.4, -0.2) is 9.93 Å². The lowest BCUT2D eigenvalue weighted by atomic mass is 10.1. The molecule has 2 rings (SSSR count). The van der Waals surface area contributed by atoms with Crippen molar-refractivity contribution in [3.8, 4) is 5.75 Å². The van der Waals surface area contributed by atoms with Gasteiger partial charge in [-0.25, -0.2) is 0 Å². The Morgan fingerprint density at radius 1 is 1.12 bits per heavy atom. The average molecular weight is 258 g/mol. The largest absolute Gasteiger partial charge is 0.488 e. The molecule has 1 nitrogen and oxygen atoms in total. The van der Waals surface area contributed by atoms with E-state index < -0.39 is 4.33 Å². The Balaban J connectivity index is 2.06. The number of benzene rings is 1. The van der Waals surface area contributed by atoms with Crippen LogP contribution < -0.4 is 4.74 Å². The molecule has 1 fully saturated rings. The topological polar surface area (TPSA) is 9.23 Å². The van der Waals surface area contributed by atoms with Gasteiger partial charge in [0.2, 0.25) is 0 Å². The van der Waals surface area contributed by atoms with Gasteiger partial charge < -0.3 is 4.74 Å². The smallest absolute Gasteiger partial charge is 0.130 e. The standard InChI is InChI=1S/C13H15Cl2O/c1-12(2,3)16-10-6-4-9(5-7-10)11-8-13(11,14)15/h4-7H,8H2,1-3H3. The molecule has 3 heteroatoms. The third-order valence-corrected chi connectivity index (χ3v) is 3.07. The van der Waals surface area contributed by atoms with Crippen molar-refractivity contribution in [3.05, 3.63) is 35.7 Å². The van der Waals surface area contributed by atoms with Gasteiger partial charge in [-0.05, 0) is 44.9 Å². The molecule has 0 aromatic heterocycles. The highest BCUT2D eigenvalue weighted by Gasteiger charge is 2.53. The molecule has 0 amide bonds. The lowest BCUT2D eigenvalue weighted by Crippen LogP contribution is -2.22. The third-order valence-electron chi connectivity index (χ3n) is 2.34. The fraction of sp³-hybridized carbons (Fsp3) is 0.462. The molecule has 0 atom stereocenters. The van der Waals surface area contributed by atoms with Crippen molar-refractivity contribution in [1.82, 2.24) is 0 Å². The van der Waals surface area contributed by atoms with E-state index in [9.17, 15) is 0 Å². The molecule has 0 spiro atoms. The van der Waals surface area contributed by atoms with Crippen molar-refractivity contribution < 1.29 is 4.74 Å². The van der Waals surface area contributed by atoms with Gasteiger partial charge in [0.1, 0.15) is 15.7 Å². The van der Waals surface area contributed by atoms with E-state index in [0.717, 1.165) is 23.7 Å². The van der Waals surface area contributed by atoms with E-state index in [2.05, 4.69) is 0 Å². The molecule has 16 heavy (non-hydrogen) atoms. The first-order chi connectivity index (χ1) is 7.28. The summed E-state index contributed by atoms with van der Waals surface area (Å²) in [5, 5.41) is 0. The number of ether oxygens (including phenoxy) is 1. The molecule has 0 bridgehead atoms. The van der Waals surface area contributed by atoms with Gasteiger partial charge in [-0.1, -0.05) is 12.1 Å². The van der Waals surface area contributed by atoms with Crippen molar-refractivity contribution in [2.45, 2.75) is 37.1 Å². The van der Waals surface area contributed by atoms with Crippen LogP contribution in [0.25, 0.3) is 0 Å². The lowest BCUT2D eigenvalue weighted by molar-refractivity contribution is 0.131. The Hall–Kier alpha value is -0.400. The van der Waals surface area contributed by atoms with E-state index in [1.54, 1.807) is 0 Å². The molecule has 1 radical (unpaired) electrons. The summed E-state index contributed by atoms with van der Waals surface area (Å²) in [7, 11) is 0. The summed E-state index contributed by atoms with van der Waals surface area (Å²) in [6, 6.07) is 7.91. The van der Waals surface area contributed by atoms with Gasteiger partial charge in [-0.3, -0.25) is 0 Å². The molecule has 0 heterocycles. The van der Waals surface area contributed by atoms with Crippen LogP contribution in [0.5, 0.6) is 5.75 Å². The summed E-state index contributed by atoms with van der Waals surface area (Å²) in [4.78, 5) is 0. The summed E-state index contributed by atoms with van der Waals surface area (Å²) < 4.78 is 5.10. The summed E-state index contributed by atoms with van der Waals surface area (Å²) in [6.07, 6.45) is 0.760. The fourth-order valence-electron chi connectivity index (χ4n) is 1.57. The number of halogens is 2. The molecule has 87 valence electrons. The van der Waals surface area contributed by atoms with Gasteiger partial charge in [0, 0.05) is 5.92 Å². The monoisotopic (exact) mass is 257 g/mol. The lowest BCUT2D eigenvalue weighted by Gasteiger charge is -2.21. The van der Waals surface area contributed by atoms with E-state index in [1.807, 2.05) is 45.0 Å². The van der Waals surface area contributed by atoms with Gasteiger partial charge in [-0.2, -0.15) is 0 Å². The van der Waals surface area contributed by atoms with Crippen LogP contribution >= 0.6 is 23.2 Å². The zero-order valence-electron chi connectivity index (χ0n) is 9.68. The molecule has 0 N–H and O–H groups in total. The summed E-state index contributed by atoms with van der Waals surface area (Å²) >= 11 is 12.0. The summed E-state index contributed by atoms with van der Waals surface area (Å²) in [5.41, 5.74) is 0.933. The zero-order valence-corrected chi connectivity index (χ0v) is 11.2. The molecule has 1 aromatic rings. The average Bonchev–Trinajstić information content (AvgIpc) is 2.73. The Morgan fingerprint density at radius 3 is 2.00 bits per heavy atom. The van der Waals surface area contributed by atoms with Crippen LogP contribution in [-0.2, 0) is 0 Å². The maximum Gasteiger partial charge on any atom is 0.130 e. The molecular formula is C13H15Cl2O. The molecule has 0 aliphatic heterocycles. The Kier molecular flexibility index (Phi) is 2.88. The predicted octanol–water partition coefficient (Wildman–Crippen LogP) is 4.36. The summed E-state index contributed by atoms with van der Waals surface area (Å²) in [5.74, 6) is 1.96. The van der Waals surface area contributed by atoms with Crippen molar-refractivity contribution >= 4 is 23.2 Å². The highest BCUT2D eigenvalue weighted by molar-refractivity contribution is 6.53. The minimum Gasteiger partial charge on any atom is -0.488 e. The second-order valence-corrected chi connectivity index (χ2v) is 6.58. The van der Waals surface area contributed by atoms with Crippen LogP contribution in [0.1, 0.15) is 32.8 Å². The van der Waals surface area contributed by atoms with E-state index in [0.29, 0.717) is 0 Å². The Morgan fingerprint density at radius 2 is 1.62 bits per heavy atom. The third kappa shape index (κ3) is 2.83. The second-order valence-electron chi connectivity index (χ2n) is 5.10. The molecule has 0 saturated heterocycles. The minimum atomic E-state index is -0.633. The van der Waals surface area contributed by atoms with Gasteiger partial charge >= 0.3 is 0 Å². The second kappa shape index (κ2) is 3.82. The highest BCUT2D eigenvalue weighted by Crippen LogP contribution is 2.58. The number of hydrogen-bond donors (Lipinski definition) is 0. The van der Waals surface area contributed by atoms with Crippen molar-refractivity contribution in [3.63, 3.8) is 0 Å². The normalized spacial score (nSPS) is 19.6. The van der Waals surface area contributed by atoms with Crippen molar-refractivity contribution in [2.75, 3.05) is 0 Å².